The minimum absolute atomic E-state index is 0.0430. The number of fused-ring (bicyclic) bond motifs is 1. The van der Waals surface area contributed by atoms with Crippen LogP contribution in [0.25, 0.3) is 6.08 Å². The molecule has 2 aromatic carbocycles. The molecule has 0 amide bonds. The van der Waals surface area contributed by atoms with Crippen LogP contribution in [-0.4, -0.2) is 23.6 Å². The van der Waals surface area contributed by atoms with E-state index >= 15 is 0 Å². The van der Waals surface area contributed by atoms with Crippen molar-refractivity contribution in [1.82, 2.24) is 0 Å². The van der Waals surface area contributed by atoms with Crippen molar-refractivity contribution in [2.75, 3.05) is 6.79 Å². The third kappa shape index (κ3) is 2.86. The number of nitro benzene ring substituents is 1. The number of carbonyl (C=O) groups excluding carboxylic acids is 1. The van der Waals surface area contributed by atoms with Crippen LogP contribution in [0.15, 0.2) is 47.1 Å². The Labute approximate surface area is 151 Å². The predicted octanol–water partition coefficient (Wildman–Crippen LogP) is 3.32. The molecule has 130 valence electrons. The van der Waals surface area contributed by atoms with Gasteiger partial charge in [-0.25, -0.2) is 9.79 Å². The number of benzene rings is 2. The molecule has 0 spiro atoms. The number of ether oxygens (including phenoxy) is 3. The van der Waals surface area contributed by atoms with Crippen LogP contribution >= 0.6 is 11.6 Å². The van der Waals surface area contributed by atoms with Crippen LogP contribution in [0.3, 0.4) is 0 Å². The number of hydrogen-bond acceptors (Lipinski definition) is 7. The lowest BCUT2D eigenvalue weighted by Crippen LogP contribution is -2.06. The summed E-state index contributed by atoms with van der Waals surface area (Å²) in [7, 11) is 0. The molecular weight excluding hydrogens is 364 g/mol. The molecular formula is C17H9ClN2O6. The average Bonchev–Trinajstić information content (AvgIpc) is 3.21. The zero-order valence-electron chi connectivity index (χ0n) is 13.0. The minimum Gasteiger partial charge on any atom is -0.454 e. The van der Waals surface area contributed by atoms with Gasteiger partial charge in [-0.05, 0) is 29.8 Å². The summed E-state index contributed by atoms with van der Waals surface area (Å²) in [5.41, 5.74) is 0.692. The summed E-state index contributed by atoms with van der Waals surface area (Å²) in [6.45, 7) is 0.144. The van der Waals surface area contributed by atoms with Crippen LogP contribution in [0.4, 0.5) is 5.69 Å². The molecule has 0 saturated carbocycles. The Balaban J connectivity index is 1.70. The van der Waals surface area contributed by atoms with Crippen molar-refractivity contribution in [3.63, 3.8) is 0 Å². The fourth-order valence-corrected chi connectivity index (χ4v) is 2.67. The van der Waals surface area contributed by atoms with Crippen LogP contribution in [0.1, 0.15) is 11.1 Å². The maximum atomic E-state index is 12.1. The summed E-state index contributed by atoms with van der Waals surface area (Å²) >= 11 is 6.06. The number of rotatable bonds is 3. The SMILES string of the molecule is O=C1OC(c2cc([N+](=O)[O-])ccc2Cl)=N/C1=C/c1ccc2c(c1)OCO2. The fourth-order valence-electron chi connectivity index (χ4n) is 2.48. The largest absolute Gasteiger partial charge is 0.454 e. The van der Waals surface area contributed by atoms with Gasteiger partial charge in [0.1, 0.15) is 0 Å². The van der Waals surface area contributed by atoms with Gasteiger partial charge >= 0.3 is 5.97 Å². The second kappa shape index (κ2) is 6.16. The van der Waals surface area contributed by atoms with Crippen LogP contribution in [-0.2, 0) is 9.53 Å². The maximum Gasteiger partial charge on any atom is 0.363 e. The monoisotopic (exact) mass is 372 g/mol. The molecule has 2 aliphatic rings. The topological polar surface area (TPSA) is 100 Å². The van der Waals surface area contributed by atoms with E-state index in [0.29, 0.717) is 17.1 Å². The molecule has 2 heterocycles. The van der Waals surface area contributed by atoms with E-state index in [2.05, 4.69) is 4.99 Å². The standard InChI is InChI=1S/C17H9ClN2O6/c18-12-3-2-10(20(22)23)7-11(12)16-19-13(17(21)26-16)5-9-1-4-14-15(6-9)25-8-24-14/h1-7H,8H2/b13-5+. The van der Waals surface area contributed by atoms with Crippen LogP contribution in [0, 0.1) is 10.1 Å². The van der Waals surface area contributed by atoms with Gasteiger partial charge in [-0.1, -0.05) is 17.7 Å². The number of halogens is 1. The molecule has 8 nitrogen and oxygen atoms in total. The Morgan fingerprint density at radius 3 is 2.77 bits per heavy atom. The van der Waals surface area contributed by atoms with E-state index in [-0.39, 0.29) is 34.7 Å². The third-order valence-electron chi connectivity index (χ3n) is 3.71. The molecule has 0 radical (unpaired) electrons. The minimum atomic E-state index is -0.680. The highest BCUT2D eigenvalue weighted by molar-refractivity contribution is 6.34. The predicted molar refractivity (Wildman–Crippen MR) is 91.3 cm³/mol. The second-order valence-electron chi connectivity index (χ2n) is 5.37. The molecule has 2 aliphatic heterocycles. The van der Waals surface area contributed by atoms with Gasteiger partial charge in [-0.15, -0.1) is 0 Å². The van der Waals surface area contributed by atoms with Crippen molar-refractivity contribution in [3.8, 4) is 11.5 Å². The quantitative estimate of drug-likeness (QED) is 0.354. The van der Waals surface area contributed by atoms with Crippen molar-refractivity contribution in [2.45, 2.75) is 0 Å². The zero-order chi connectivity index (χ0) is 18.3. The lowest BCUT2D eigenvalue weighted by Gasteiger charge is -2.02. The van der Waals surface area contributed by atoms with Crippen molar-refractivity contribution in [3.05, 3.63) is 68.4 Å². The number of esters is 1. The number of hydrogen-bond donors (Lipinski definition) is 0. The summed E-state index contributed by atoms with van der Waals surface area (Å²) < 4.78 is 15.6. The molecule has 0 aromatic heterocycles. The second-order valence-corrected chi connectivity index (χ2v) is 5.78. The molecule has 0 atom stereocenters. The van der Waals surface area contributed by atoms with Gasteiger partial charge in [-0.2, -0.15) is 0 Å². The molecule has 0 N–H and O–H groups in total. The van der Waals surface area contributed by atoms with E-state index < -0.39 is 10.9 Å². The molecule has 26 heavy (non-hydrogen) atoms. The first-order valence-electron chi connectivity index (χ1n) is 7.38. The van der Waals surface area contributed by atoms with Gasteiger partial charge < -0.3 is 14.2 Å². The van der Waals surface area contributed by atoms with Crippen molar-refractivity contribution in [1.29, 1.82) is 0 Å². The molecule has 9 heteroatoms. The highest BCUT2D eigenvalue weighted by Gasteiger charge is 2.27. The lowest BCUT2D eigenvalue weighted by atomic mass is 10.1. The first-order chi connectivity index (χ1) is 12.5. The smallest absolute Gasteiger partial charge is 0.363 e. The Morgan fingerprint density at radius 2 is 1.96 bits per heavy atom. The van der Waals surface area contributed by atoms with Gasteiger partial charge in [0.25, 0.3) is 5.69 Å². The van der Waals surface area contributed by atoms with E-state index in [0.717, 1.165) is 0 Å². The number of carbonyl (C=O) groups is 1. The molecule has 0 aliphatic carbocycles. The van der Waals surface area contributed by atoms with Crippen LogP contribution < -0.4 is 9.47 Å². The Kier molecular flexibility index (Phi) is 3.81. The van der Waals surface area contributed by atoms with E-state index in [1.165, 1.54) is 24.3 Å². The highest BCUT2D eigenvalue weighted by atomic mass is 35.5. The number of cyclic esters (lactones) is 1. The van der Waals surface area contributed by atoms with Gasteiger partial charge in [0.15, 0.2) is 17.2 Å². The van der Waals surface area contributed by atoms with Crippen LogP contribution in [0.5, 0.6) is 11.5 Å². The Hall–Kier alpha value is -3.39. The molecule has 4 rings (SSSR count). The molecule has 0 unspecified atom stereocenters. The van der Waals surface area contributed by atoms with E-state index in [9.17, 15) is 14.9 Å². The van der Waals surface area contributed by atoms with Crippen molar-refractivity contribution in [2.24, 2.45) is 4.99 Å². The van der Waals surface area contributed by atoms with E-state index in [4.69, 9.17) is 25.8 Å². The molecule has 0 saturated heterocycles. The number of nitro groups is 1. The van der Waals surface area contributed by atoms with E-state index in [1.54, 1.807) is 18.2 Å². The summed E-state index contributed by atoms with van der Waals surface area (Å²) in [6, 6.07) is 8.98. The summed E-state index contributed by atoms with van der Waals surface area (Å²) in [5.74, 6) is 0.418. The fraction of sp³-hybridized carbons (Fsp3) is 0.0588. The van der Waals surface area contributed by atoms with Gasteiger partial charge in [0, 0.05) is 12.1 Å². The van der Waals surface area contributed by atoms with Crippen molar-refractivity contribution < 1.29 is 23.9 Å². The molecule has 2 aromatic rings. The number of non-ortho nitro benzene ring substituents is 1. The van der Waals surface area contributed by atoms with Gasteiger partial charge in [0.2, 0.25) is 12.7 Å². The molecule has 0 bridgehead atoms. The first-order valence-corrected chi connectivity index (χ1v) is 7.75. The Morgan fingerprint density at radius 1 is 1.15 bits per heavy atom. The normalized spacial score (nSPS) is 16.6. The first kappa shape index (κ1) is 16.1. The summed E-state index contributed by atoms with van der Waals surface area (Å²) in [5, 5.41) is 11.1. The molecule has 0 fully saturated rings. The number of aliphatic imine (C=N–C) groups is 1. The highest BCUT2D eigenvalue weighted by Crippen LogP contribution is 2.34. The van der Waals surface area contributed by atoms with Crippen molar-refractivity contribution >= 4 is 35.2 Å². The Bertz CT molecular complexity index is 1010. The van der Waals surface area contributed by atoms with Crippen LogP contribution in [0.2, 0.25) is 5.02 Å². The number of nitrogens with zero attached hydrogens (tertiary/aromatic N) is 2. The van der Waals surface area contributed by atoms with E-state index in [1.807, 2.05) is 0 Å². The van der Waals surface area contributed by atoms with Gasteiger partial charge in [0.05, 0.1) is 15.5 Å². The zero-order valence-corrected chi connectivity index (χ0v) is 13.7. The summed E-state index contributed by atoms with van der Waals surface area (Å²) in [4.78, 5) is 26.6. The average molecular weight is 373 g/mol. The third-order valence-corrected chi connectivity index (χ3v) is 4.04. The lowest BCUT2D eigenvalue weighted by molar-refractivity contribution is -0.384. The van der Waals surface area contributed by atoms with Gasteiger partial charge in [-0.3, -0.25) is 10.1 Å². The maximum absolute atomic E-state index is 12.1. The summed E-state index contributed by atoms with van der Waals surface area (Å²) in [6.07, 6.45) is 1.52.